The zero-order valence-corrected chi connectivity index (χ0v) is 13.5. The van der Waals surface area contributed by atoms with E-state index >= 15 is 0 Å². The molecule has 0 aliphatic heterocycles. The Morgan fingerprint density at radius 3 is 2.60 bits per heavy atom. The van der Waals surface area contributed by atoms with Gasteiger partial charge in [-0.15, -0.1) is 0 Å². The summed E-state index contributed by atoms with van der Waals surface area (Å²) in [6.07, 6.45) is 3.90. The van der Waals surface area contributed by atoms with Crippen LogP contribution in [0.2, 0.25) is 0 Å². The number of methoxy groups -OCH3 is 1. The lowest BCUT2D eigenvalue weighted by Crippen LogP contribution is -2.29. The maximum absolute atomic E-state index is 5.74. The van der Waals surface area contributed by atoms with Crippen LogP contribution in [0.3, 0.4) is 0 Å². The van der Waals surface area contributed by atoms with E-state index in [1.54, 1.807) is 13.3 Å². The quantitative estimate of drug-likeness (QED) is 0.671. The van der Waals surface area contributed by atoms with E-state index in [1.165, 1.54) is 0 Å². The van der Waals surface area contributed by atoms with Gasteiger partial charge < -0.3 is 14.8 Å². The summed E-state index contributed by atoms with van der Waals surface area (Å²) in [4.78, 5) is 0. The normalized spacial score (nSPS) is 12.9. The first-order chi connectivity index (χ1) is 9.65. The zero-order valence-electron chi connectivity index (χ0n) is 13.5. The fourth-order valence-corrected chi connectivity index (χ4v) is 2.15. The van der Waals surface area contributed by atoms with Gasteiger partial charge in [0.05, 0.1) is 31.6 Å². The first-order valence-corrected chi connectivity index (χ1v) is 7.58. The first-order valence-electron chi connectivity index (χ1n) is 7.58. The topological polar surface area (TPSA) is 48.3 Å². The van der Waals surface area contributed by atoms with Gasteiger partial charge in [-0.25, -0.2) is 0 Å². The highest BCUT2D eigenvalue weighted by molar-refractivity contribution is 5.29. The Bertz CT molecular complexity index is 377. The average Bonchev–Trinajstić information content (AvgIpc) is 2.86. The van der Waals surface area contributed by atoms with Crippen molar-refractivity contribution in [3.05, 3.63) is 11.9 Å². The van der Waals surface area contributed by atoms with Crippen LogP contribution < -0.4 is 10.1 Å². The molecule has 116 valence electrons. The van der Waals surface area contributed by atoms with E-state index < -0.39 is 0 Å². The third-order valence-corrected chi connectivity index (χ3v) is 3.11. The van der Waals surface area contributed by atoms with E-state index in [1.807, 2.05) is 4.68 Å². The van der Waals surface area contributed by atoms with Crippen LogP contribution in [0.25, 0.3) is 0 Å². The number of nitrogens with one attached hydrogen (secondary N) is 1. The zero-order chi connectivity index (χ0) is 15.0. The fraction of sp³-hybridized carbons (Fsp3) is 0.800. The Balaban J connectivity index is 2.94. The molecule has 0 radical (unpaired) electrons. The van der Waals surface area contributed by atoms with Crippen LogP contribution in [0, 0.1) is 0 Å². The lowest BCUT2D eigenvalue weighted by molar-refractivity contribution is 0.108. The molecular formula is C15H29N3O2. The molecule has 5 heteroatoms. The molecule has 20 heavy (non-hydrogen) atoms. The highest BCUT2D eigenvalue weighted by atomic mass is 16.5. The van der Waals surface area contributed by atoms with E-state index in [9.17, 15) is 0 Å². The summed E-state index contributed by atoms with van der Waals surface area (Å²) < 4.78 is 13.2. The molecule has 0 saturated heterocycles. The fourth-order valence-electron chi connectivity index (χ4n) is 2.15. The van der Waals surface area contributed by atoms with Gasteiger partial charge in [0.15, 0.2) is 5.75 Å². The van der Waals surface area contributed by atoms with E-state index in [2.05, 4.69) is 38.1 Å². The molecule has 0 saturated carbocycles. The van der Waals surface area contributed by atoms with Crippen LogP contribution in [0.5, 0.6) is 5.75 Å². The second kappa shape index (κ2) is 8.97. The number of rotatable bonds is 10. The smallest absolute Gasteiger partial charge is 0.161 e. The lowest BCUT2D eigenvalue weighted by Gasteiger charge is -2.22. The molecule has 1 rings (SSSR count). The summed E-state index contributed by atoms with van der Waals surface area (Å²) in [7, 11) is 1.69. The van der Waals surface area contributed by atoms with Gasteiger partial charge in [-0.1, -0.05) is 13.8 Å². The third kappa shape index (κ3) is 4.49. The van der Waals surface area contributed by atoms with Crippen molar-refractivity contribution in [2.24, 2.45) is 0 Å². The van der Waals surface area contributed by atoms with Crippen molar-refractivity contribution in [1.29, 1.82) is 0 Å². The van der Waals surface area contributed by atoms with E-state index in [4.69, 9.17) is 9.47 Å². The molecule has 0 fully saturated rings. The van der Waals surface area contributed by atoms with Crippen molar-refractivity contribution in [3.63, 3.8) is 0 Å². The monoisotopic (exact) mass is 283 g/mol. The molecular weight excluding hydrogens is 254 g/mol. The number of nitrogens with zero attached hydrogens (tertiary/aromatic N) is 2. The summed E-state index contributed by atoms with van der Waals surface area (Å²) in [6.45, 7) is 10.9. The first kappa shape index (κ1) is 17.0. The maximum Gasteiger partial charge on any atom is 0.161 e. The summed E-state index contributed by atoms with van der Waals surface area (Å²) >= 11 is 0. The Hall–Kier alpha value is -1.07. The summed E-state index contributed by atoms with van der Waals surface area (Å²) in [5.41, 5.74) is 1.08. The molecule has 1 atom stereocenters. The Morgan fingerprint density at radius 1 is 1.30 bits per heavy atom. The molecule has 0 aliphatic carbocycles. The van der Waals surface area contributed by atoms with Crippen LogP contribution in [-0.4, -0.2) is 36.6 Å². The number of ether oxygens (including phenoxy) is 2. The SMILES string of the molecule is CCCNC(COCCC)c1c(OC)cnn1C(C)C. The van der Waals surface area contributed by atoms with Gasteiger partial charge in [-0.3, -0.25) is 4.68 Å². The van der Waals surface area contributed by atoms with Crippen molar-refractivity contribution in [1.82, 2.24) is 15.1 Å². The van der Waals surface area contributed by atoms with E-state index in [0.29, 0.717) is 12.6 Å². The number of hydrogen-bond donors (Lipinski definition) is 1. The maximum atomic E-state index is 5.74. The van der Waals surface area contributed by atoms with Crippen molar-refractivity contribution in [2.45, 2.75) is 52.6 Å². The van der Waals surface area contributed by atoms with Crippen molar-refractivity contribution < 1.29 is 9.47 Å². The molecule has 1 N–H and O–H groups in total. The van der Waals surface area contributed by atoms with Crippen molar-refractivity contribution >= 4 is 0 Å². The minimum Gasteiger partial charge on any atom is -0.493 e. The number of hydrogen-bond acceptors (Lipinski definition) is 4. The van der Waals surface area contributed by atoms with Crippen LogP contribution >= 0.6 is 0 Å². The highest BCUT2D eigenvalue weighted by Gasteiger charge is 2.23. The summed E-state index contributed by atoms with van der Waals surface area (Å²) in [5.74, 6) is 0.826. The Morgan fingerprint density at radius 2 is 2.05 bits per heavy atom. The highest BCUT2D eigenvalue weighted by Crippen LogP contribution is 2.27. The molecule has 0 aromatic carbocycles. The average molecular weight is 283 g/mol. The number of aromatic nitrogens is 2. The molecule has 5 nitrogen and oxygen atoms in total. The van der Waals surface area contributed by atoms with Crippen LogP contribution in [0.4, 0.5) is 0 Å². The largest absolute Gasteiger partial charge is 0.493 e. The molecule has 0 aliphatic rings. The van der Waals surface area contributed by atoms with Crippen molar-refractivity contribution in [3.8, 4) is 5.75 Å². The van der Waals surface area contributed by atoms with E-state index in [-0.39, 0.29) is 6.04 Å². The van der Waals surface area contributed by atoms with Crippen LogP contribution in [-0.2, 0) is 4.74 Å². The lowest BCUT2D eigenvalue weighted by atomic mass is 10.2. The summed E-state index contributed by atoms with van der Waals surface area (Å²) in [5, 5.41) is 7.97. The predicted octanol–water partition coefficient (Wildman–Crippen LogP) is 2.94. The standard InChI is InChI=1S/C15H29N3O2/c1-6-8-16-13(11-20-9-7-2)15-14(19-5)10-17-18(15)12(3)4/h10,12-13,16H,6-9,11H2,1-5H3. The molecule has 1 unspecified atom stereocenters. The molecule has 1 heterocycles. The van der Waals surface area contributed by atoms with Gasteiger partial charge in [0.1, 0.15) is 0 Å². The molecule has 0 bridgehead atoms. The molecule has 1 aromatic rings. The van der Waals surface area contributed by atoms with Crippen LogP contribution in [0.15, 0.2) is 6.20 Å². The molecule has 0 amide bonds. The van der Waals surface area contributed by atoms with Gasteiger partial charge in [0.2, 0.25) is 0 Å². The van der Waals surface area contributed by atoms with Gasteiger partial charge in [0.25, 0.3) is 0 Å². The minimum absolute atomic E-state index is 0.112. The van der Waals surface area contributed by atoms with Gasteiger partial charge >= 0.3 is 0 Å². The molecule has 1 aromatic heterocycles. The summed E-state index contributed by atoms with van der Waals surface area (Å²) in [6, 6.07) is 0.410. The van der Waals surface area contributed by atoms with Gasteiger partial charge in [-0.05, 0) is 33.2 Å². The Labute approximate surface area is 122 Å². The van der Waals surface area contributed by atoms with Crippen molar-refractivity contribution in [2.75, 3.05) is 26.9 Å². The Kier molecular flexibility index (Phi) is 7.62. The molecule has 0 spiro atoms. The minimum atomic E-state index is 0.112. The van der Waals surface area contributed by atoms with Gasteiger partial charge in [0, 0.05) is 12.6 Å². The predicted molar refractivity (Wildman–Crippen MR) is 81.3 cm³/mol. The van der Waals surface area contributed by atoms with Gasteiger partial charge in [-0.2, -0.15) is 5.10 Å². The van der Waals surface area contributed by atoms with Crippen LogP contribution in [0.1, 0.15) is 58.3 Å². The van der Waals surface area contributed by atoms with E-state index in [0.717, 1.165) is 37.4 Å². The second-order valence-electron chi connectivity index (χ2n) is 5.22. The second-order valence-corrected chi connectivity index (χ2v) is 5.22. The third-order valence-electron chi connectivity index (χ3n) is 3.11.